The monoisotopic (exact) mass is 248 g/mol. The zero-order valence-electron chi connectivity index (χ0n) is 10.2. The van der Waals surface area contributed by atoms with Crippen LogP contribution < -0.4 is 5.32 Å². The summed E-state index contributed by atoms with van der Waals surface area (Å²) in [7, 11) is 1.47. The van der Waals surface area contributed by atoms with Crippen LogP contribution in [0.25, 0.3) is 0 Å². The fraction of sp³-hybridized carbons (Fsp3) is 0.385. The summed E-state index contributed by atoms with van der Waals surface area (Å²) in [6.45, 7) is 0.252. The third kappa shape index (κ3) is 2.57. The molecule has 2 amide bonds. The largest absolute Gasteiger partial charge is 0.387 e. The number of benzene rings is 1. The summed E-state index contributed by atoms with van der Waals surface area (Å²) < 4.78 is 0. The summed E-state index contributed by atoms with van der Waals surface area (Å²) in [6, 6.07) is 8.69. The van der Waals surface area contributed by atoms with Gasteiger partial charge in [-0.25, -0.2) is 0 Å². The van der Waals surface area contributed by atoms with E-state index in [2.05, 4.69) is 5.32 Å². The molecule has 2 N–H and O–H groups in total. The van der Waals surface area contributed by atoms with E-state index in [9.17, 15) is 14.7 Å². The molecule has 0 bridgehead atoms. The molecule has 0 aromatic heterocycles. The second-order valence-electron chi connectivity index (χ2n) is 4.38. The first-order valence-electron chi connectivity index (χ1n) is 5.86. The van der Waals surface area contributed by atoms with E-state index in [0.29, 0.717) is 0 Å². The number of likely N-dealkylation sites (N-methyl/N-ethyl adjacent to an activating group) is 1. The van der Waals surface area contributed by atoms with Crippen molar-refractivity contribution in [3.8, 4) is 0 Å². The maximum absolute atomic E-state index is 11.6. The van der Waals surface area contributed by atoms with Gasteiger partial charge < -0.3 is 10.4 Å². The molecular weight excluding hydrogens is 232 g/mol. The van der Waals surface area contributed by atoms with Gasteiger partial charge in [0.25, 0.3) is 0 Å². The molecule has 1 aromatic carbocycles. The van der Waals surface area contributed by atoms with E-state index >= 15 is 0 Å². The zero-order chi connectivity index (χ0) is 13.1. The summed E-state index contributed by atoms with van der Waals surface area (Å²) in [5.74, 6) is -0.424. The molecule has 1 aromatic rings. The molecule has 5 nitrogen and oxygen atoms in total. The number of nitrogens with zero attached hydrogens (tertiary/aromatic N) is 1. The Morgan fingerprint density at radius 2 is 2.06 bits per heavy atom. The normalized spacial score (nSPS) is 21.4. The molecule has 2 atom stereocenters. The SMILES string of the molecule is CN1C(=O)CC(NCC(O)c2ccccc2)C1=O. The van der Waals surface area contributed by atoms with E-state index in [0.717, 1.165) is 10.5 Å². The number of carbonyl (C=O) groups is 2. The number of nitrogens with one attached hydrogen (secondary N) is 1. The quantitative estimate of drug-likeness (QED) is 0.740. The van der Waals surface area contributed by atoms with Gasteiger partial charge in [-0.2, -0.15) is 0 Å². The summed E-state index contributed by atoms with van der Waals surface area (Å²) in [6.07, 6.45) is -0.517. The van der Waals surface area contributed by atoms with Crippen molar-refractivity contribution >= 4 is 11.8 Å². The topological polar surface area (TPSA) is 69.6 Å². The number of hydrogen-bond acceptors (Lipinski definition) is 4. The fourth-order valence-corrected chi connectivity index (χ4v) is 1.96. The second kappa shape index (κ2) is 5.29. The van der Waals surface area contributed by atoms with Gasteiger partial charge in [-0.1, -0.05) is 30.3 Å². The first-order chi connectivity index (χ1) is 8.59. The van der Waals surface area contributed by atoms with Crippen LogP contribution in [0.15, 0.2) is 30.3 Å². The molecule has 0 radical (unpaired) electrons. The van der Waals surface area contributed by atoms with Gasteiger partial charge in [0.2, 0.25) is 11.8 Å². The zero-order valence-corrected chi connectivity index (χ0v) is 10.2. The standard InChI is InChI=1S/C13H16N2O3/c1-15-12(17)7-10(13(15)18)14-8-11(16)9-5-3-2-4-6-9/h2-6,10-11,14,16H,7-8H2,1H3. The highest BCUT2D eigenvalue weighted by atomic mass is 16.3. The van der Waals surface area contributed by atoms with E-state index < -0.39 is 12.1 Å². The van der Waals surface area contributed by atoms with Crippen LogP contribution in [-0.4, -0.2) is 41.5 Å². The van der Waals surface area contributed by atoms with Gasteiger partial charge in [0, 0.05) is 13.6 Å². The molecule has 5 heteroatoms. The van der Waals surface area contributed by atoms with Crippen molar-refractivity contribution < 1.29 is 14.7 Å². The molecule has 0 aliphatic carbocycles. The van der Waals surface area contributed by atoms with Crippen molar-refractivity contribution in [2.45, 2.75) is 18.6 Å². The number of rotatable bonds is 4. The Kier molecular flexibility index (Phi) is 3.74. The smallest absolute Gasteiger partial charge is 0.246 e. The lowest BCUT2D eigenvalue weighted by atomic mass is 10.1. The van der Waals surface area contributed by atoms with E-state index in [-0.39, 0.29) is 24.8 Å². The fourth-order valence-electron chi connectivity index (χ4n) is 1.96. The second-order valence-corrected chi connectivity index (χ2v) is 4.38. The number of imide groups is 1. The molecular formula is C13H16N2O3. The third-order valence-electron chi connectivity index (χ3n) is 3.12. The Bertz CT molecular complexity index is 447. The maximum Gasteiger partial charge on any atom is 0.246 e. The Morgan fingerprint density at radius 3 is 2.61 bits per heavy atom. The minimum Gasteiger partial charge on any atom is -0.387 e. The molecule has 1 saturated heterocycles. The molecule has 1 heterocycles. The molecule has 96 valence electrons. The Balaban J connectivity index is 1.89. The van der Waals surface area contributed by atoms with Gasteiger partial charge in [0.15, 0.2) is 0 Å². The molecule has 0 spiro atoms. The number of likely N-dealkylation sites (tertiary alicyclic amines) is 1. The van der Waals surface area contributed by atoms with Crippen LogP contribution >= 0.6 is 0 Å². The lowest BCUT2D eigenvalue weighted by Crippen LogP contribution is -2.39. The van der Waals surface area contributed by atoms with Crippen LogP contribution in [0.3, 0.4) is 0 Å². The highest BCUT2D eigenvalue weighted by Gasteiger charge is 2.35. The predicted octanol–water partition coefficient (Wildman–Crippen LogP) is 0.0669. The van der Waals surface area contributed by atoms with Crippen LogP contribution in [0.1, 0.15) is 18.1 Å². The van der Waals surface area contributed by atoms with Crippen LogP contribution in [0.2, 0.25) is 0 Å². The Morgan fingerprint density at radius 1 is 1.39 bits per heavy atom. The number of aliphatic hydroxyl groups is 1. The van der Waals surface area contributed by atoms with E-state index in [1.807, 2.05) is 30.3 Å². The van der Waals surface area contributed by atoms with Crippen molar-refractivity contribution in [3.05, 3.63) is 35.9 Å². The first-order valence-corrected chi connectivity index (χ1v) is 5.86. The molecule has 1 aliphatic rings. The van der Waals surface area contributed by atoms with Crippen LogP contribution in [0.4, 0.5) is 0 Å². The predicted molar refractivity (Wildman–Crippen MR) is 65.6 cm³/mol. The summed E-state index contributed by atoms with van der Waals surface area (Å²) in [5.41, 5.74) is 0.787. The van der Waals surface area contributed by atoms with Gasteiger partial charge in [-0.3, -0.25) is 14.5 Å². The van der Waals surface area contributed by atoms with Gasteiger partial charge in [0.1, 0.15) is 0 Å². The Hall–Kier alpha value is -1.72. The third-order valence-corrected chi connectivity index (χ3v) is 3.12. The van der Waals surface area contributed by atoms with Gasteiger partial charge in [-0.15, -0.1) is 0 Å². The minimum absolute atomic E-state index is 0.164. The summed E-state index contributed by atoms with van der Waals surface area (Å²) >= 11 is 0. The van der Waals surface area contributed by atoms with Crippen LogP contribution in [0.5, 0.6) is 0 Å². The van der Waals surface area contributed by atoms with Crippen molar-refractivity contribution in [1.82, 2.24) is 10.2 Å². The average molecular weight is 248 g/mol. The van der Waals surface area contributed by atoms with Crippen LogP contribution in [0, 0.1) is 0 Å². The number of aliphatic hydroxyl groups excluding tert-OH is 1. The van der Waals surface area contributed by atoms with Gasteiger partial charge in [-0.05, 0) is 5.56 Å². The Labute approximate surface area is 105 Å². The van der Waals surface area contributed by atoms with E-state index in [1.54, 1.807) is 0 Å². The molecule has 2 rings (SSSR count). The van der Waals surface area contributed by atoms with E-state index in [4.69, 9.17) is 0 Å². The van der Waals surface area contributed by atoms with Gasteiger partial charge >= 0.3 is 0 Å². The van der Waals surface area contributed by atoms with Crippen molar-refractivity contribution in [1.29, 1.82) is 0 Å². The molecule has 1 fully saturated rings. The minimum atomic E-state index is -0.681. The molecule has 2 unspecified atom stereocenters. The lowest BCUT2D eigenvalue weighted by molar-refractivity contribution is -0.137. The van der Waals surface area contributed by atoms with Crippen molar-refractivity contribution in [3.63, 3.8) is 0 Å². The van der Waals surface area contributed by atoms with Crippen molar-refractivity contribution in [2.75, 3.05) is 13.6 Å². The maximum atomic E-state index is 11.6. The summed E-state index contributed by atoms with van der Waals surface area (Å²) in [5, 5.41) is 12.9. The lowest BCUT2D eigenvalue weighted by Gasteiger charge is -2.15. The number of amides is 2. The highest BCUT2D eigenvalue weighted by molar-refractivity contribution is 6.05. The van der Waals surface area contributed by atoms with Gasteiger partial charge in [0.05, 0.1) is 18.6 Å². The number of carbonyl (C=O) groups excluding carboxylic acids is 2. The van der Waals surface area contributed by atoms with Crippen molar-refractivity contribution in [2.24, 2.45) is 0 Å². The van der Waals surface area contributed by atoms with E-state index in [1.165, 1.54) is 7.05 Å². The number of hydrogen-bond donors (Lipinski definition) is 2. The molecule has 0 saturated carbocycles. The average Bonchev–Trinajstić information content (AvgIpc) is 2.64. The molecule has 1 aliphatic heterocycles. The highest BCUT2D eigenvalue weighted by Crippen LogP contribution is 2.14. The first kappa shape index (κ1) is 12.7. The molecule has 18 heavy (non-hydrogen) atoms. The summed E-state index contributed by atoms with van der Waals surface area (Å²) in [4.78, 5) is 24.1. The van der Waals surface area contributed by atoms with Crippen LogP contribution in [-0.2, 0) is 9.59 Å².